The Hall–Kier alpha value is -5.46. The van der Waals surface area contributed by atoms with E-state index < -0.39 is 23.8 Å². The van der Waals surface area contributed by atoms with Crippen LogP contribution in [0, 0.1) is 0 Å². The number of alkyl halides is 4. The average molecular weight is 1090 g/mol. The zero-order valence-corrected chi connectivity index (χ0v) is 45.7. The monoisotopic (exact) mass is 1090 g/mol. The van der Waals surface area contributed by atoms with E-state index in [2.05, 4.69) is 196 Å². The summed E-state index contributed by atoms with van der Waals surface area (Å²) in [4.78, 5) is 32.9. The van der Waals surface area contributed by atoms with E-state index in [1.165, 1.54) is 68.0 Å². The molecule has 76 heavy (non-hydrogen) atoms. The van der Waals surface area contributed by atoms with Crippen molar-refractivity contribution in [1.29, 1.82) is 0 Å². The fourth-order valence-electron chi connectivity index (χ4n) is 7.32. The van der Waals surface area contributed by atoms with Gasteiger partial charge in [0.2, 0.25) is 0 Å². The number of hydrogen-bond acceptors (Lipinski definition) is 9. The van der Waals surface area contributed by atoms with Gasteiger partial charge < -0.3 is 24.1 Å². The first-order valence-electron chi connectivity index (χ1n) is 25.3. The molecule has 0 bridgehead atoms. The summed E-state index contributed by atoms with van der Waals surface area (Å²) in [5.74, 6) is -9.75. The van der Waals surface area contributed by atoms with Crippen molar-refractivity contribution < 1.29 is 51.2 Å². The van der Waals surface area contributed by atoms with Crippen LogP contribution in [0.15, 0.2) is 211 Å². The minimum Gasteiger partial charge on any atom is -0.465 e. The van der Waals surface area contributed by atoms with E-state index in [-0.39, 0.29) is 36.9 Å². The first kappa shape index (κ1) is 64.8. The van der Waals surface area contributed by atoms with Crippen LogP contribution in [0.5, 0.6) is 0 Å². The number of carbonyl (C=O) groups excluding carboxylic acids is 2. The van der Waals surface area contributed by atoms with E-state index in [4.69, 9.17) is 14.6 Å². The molecule has 0 spiro atoms. The van der Waals surface area contributed by atoms with Gasteiger partial charge in [-0.05, 0) is 92.2 Å². The maximum absolute atomic E-state index is 12.4. The molecule has 2 aliphatic rings. The van der Waals surface area contributed by atoms with Crippen molar-refractivity contribution in [3.63, 3.8) is 0 Å². The predicted octanol–water partition coefficient (Wildman–Crippen LogP) is 12.1. The van der Waals surface area contributed by atoms with Crippen LogP contribution < -0.4 is 0 Å². The van der Waals surface area contributed by atoms with E-state index in [9.17, 15) is 27.2 Å². The highest BCUT2D eigenvalue weighted by atomic mass is 32.2. The van der Waals surface area contributed by atoms with Crippen LogP contribution in [0.1, 0.15) is 52.4 Å². The Morgan fingerprint density at radius 1 is 0.474 bits per heavy atom. The molecule has 6 aromatic carbocycles. The Balaban J connectivity index is 0.000000256. The van der Waals surface area contributed by atoms with Gasteiger partial charge in [0.25, 0.3) is 0 Å². The number of ether oxygens (including phenoxy) is 4. The van der Waals surface area contributed by atoms with Gasteiger partial charge in [-0.25, -0.2) is 9.59 Å². The number of esters is 2. The Bertz CT molecular complexity index is 2080. The molecule has 2 saturated heterocycles. The Labute approximate surface area is 456 Å². The SMILES string of the molecule is CC(F)(F)C(=O)OCN1CCOCC1.COC(=O)C(C)(F)F.OCCCCCCCCN1CCOCC1.[B].c1ccc([S+](c2ccccc2)c2ccccc2)cc1.c1ccc([S+](c2ccccc2)c2ccccc2)cc1. The van der Waals surface area contributed by atoms with Crippen LogP contribution in [0.2, 0.25) is 0 Å². The van der Waals surface area contributed by atoms with Gasteiger partial charge in [-0.15, -0.1) is 0 Å². The van der Waals surface area contributed by atoms with Crippen LogP contribution in [0.3, 0.4) is 0 Å². The predicted molar refractivity (Wildman–Crippen MR) is 297 cm³/mol. The standard InChI is InChI=1S/2C18H15S.C12H25NO2.C8H13F2NO3.C4H6F2O2.B/c2*1-4-10-16(11-5-1)19(17-12-6-2-7-13-17)18-14-8-3-9-15-18;14-10-6-4-2-1-3-5-7-13-8-11-15-12-9-13;1-8(9,10)7(12)14-6-11-2-4-13-5-3-11;1-4(5,6)3(7)8-2;/h2*1-15H;14H,1-12H2;2-6H2,1H3;1-2H3;/q2*+1;;;;. The minimum absolute atomic E-state index is 0. The largest absolute Gasteiger partial charge is 0.465 e. The molecule has 16 heteroatoms. The van der Waals surface area contributed by atoms with Crippen molar-refractivity contribution in [2.24, 2.45) is 0 Å². The summed E-state index contributed by atoms with van der Waals surface area (Å²) >= 11 is 0. The molecule has 1 N–H and O–H groups in total. The van der Waals surface area contributed by atoms with E-state index in [1.807, 2.05) is 0 Å². The summed E-state index contributed by atoms with van der Waals surface area (Å²) in [5.41, 5.74) is 0. The number of nitrogens with zero attached hydrogens (tertiary/aromatic N) is 2. The van der Waals surface area contributed by atoms with Crippen molar-refractivity contribution in [1.82, 2.24) is 9.80 Å². The van der Waals surface area contributed by atoms with Gasteiger partial charge in [0.05, 0.1) is 55.3 Å². The molecule has 6 aromatic rings. The zero-order valence-electron chi connectivity index (χ0n) is 44.0. The molecular formula is C60H74BF4N2O7S2+2. The van der Waals surface area contributed by atoms with Crippen molar-refractivity contribution in [3.8, 4) is 0 Å². The molecule has 0 unspecified atom stereocenters. The third-order valence-corrected chi connectivity index (χ3v) is 15.7. The fourth-order valence-corrected chi connectivity index (χ4v) is 11.5. The number of benzene rings is 6. The molecule has 0 amide bonds. The molecule has 2 aliphatic heterocycles. The lowest BCUT2D eigenvalue weighted by Crippen LogP contribution is -2.40. The van der Waals surface area contributed by atoms with Gasteiger partial charge >= 0.3 is 23.8 Å². The van der Waals surface area contributed by atoms with Gasteiger partial charge in [-0.2, -0.15) is 17.6 Å². The van der Waals surface area contributed by atoms with E-state index in [0.29, 0.717) is 46.8 Å². The second-order valence-electron chi connectivity index (χ2n) is 17.3. The third kappa shape index (κ3) is 25.6. The van der Waals surface area contributed by atoms with Crippen LogP contribution >= 0.6 is 0 Å². The second kappa shape index (κ2) is 37.3. The van der Waals surface area contributed by atoms with Crippen molar-refractivity contribution in [2.75, 3.05) is 79.6 Å². The molecular weight excluding hydrogens is 1010 g/mol. The van der Waals surface area contributed by atoms with E-state index in [1.54, 1.807) is 4.90 Å². The van der Waals surface area contributed by atoms with Crippen LogP contribution in [-0.4, -0.2) is 127 Å². The van der Waals surface area contributed by atoms with Gasteiger partial charge in [0, 0.05) is 55.0 Å². The number of aliphatic hydroxyl groups excluding tert-OH is 1. The quantitative estimate of drug-likeness (QED) is 0.0297. The summed E-state index contributed by atoms with van der Waals surface area (Å²) in [6.07, 6.45) is 7.42. The fraction of sp³-hybridized carbons (Fsp3) is 0.367. The zero-order chi connectivity index (χ0) is 54.0. The third-order valence-electron chi connectivity index (χ3n) is 11.2. The summed E-state index contributed by atoms with van der Waals surface area (Å²) in [6.45, 7) is 8.85. The highest BCUT2D eigenvalue weighted by Gasteiger charge is 2.35. The minimum atomic E-state index is -3.41. The number of rotatable bonds is 18. The normalized spacial score (nSPS) is 13.6. The van der Waals surface area contributed by atoms with Crippen molar-refractivity contribution in [3.05, 3.63) is 182 Å². The Morgan fingerprint density at radius 3 is 1.01 bits per heavy atom. The van der Waals surface area contributed by atoms with Crippen molar-refractivity contribution >= 4 is 42.1 Å². The number of hydrogen-bond donors (Lipinski definition) is 1. The molecule has 3 radical (unpaired) electrons. The van der Waals surface area contributed by atoms with Gasteiger partial charge in [0.1, 0.15) is 6.73 Å². The Morgan fingerprint density at radius 2 is 0.750 bits per heavy atom. The van der Waals surface area contributed by atoms with Crippen LogP contribution in [-0.2, 0) is 50.3 Å². The number of carbonyl (C=O) groups is 2. The van der Waals surface area contributed by atoms with Crippen LogP contribution in [0.4, 0.5) is 17.6 Å². The number of unbranched alkanes of at least 4 members (excludes halogenated alkanes) is 5. The summed E-state index contributed by atoms with van der Waals surface area (Å²) < 4.78 is 66.5. The molecule has 407 valence electrons. The molecule has 8 rings (SSSR count). The topological polar surface area (TPSA) is 97.8 Å². The summed E-state index contributed by atoms with van der Waals surface area (Å²) in [7, 11) is 0.887. The maximum Gasteiger partial charge on any atom is 0.377 e. The number of methoxy groups -OCH3 is 1. The number of halogens is 4. The first-order chi connectivity index (χ1) is 36.3. The van der Waals surface area contributed by atoms with Gasteiger partial charge in [0.15, 0.2) is 29.4 Å². The molecule has 9 nitrogen and oxygen atoms in total. The molecule has 0 saturated carbocycles. The molecule has 0 aliphatic carbocycles. The lowest BCUT2D eigenvalue weighted by Gasteiger charge is -2.26. The first-order valence-corrected chi connectivity index (χ1v) is 27.8. The number of morpholine rings is 2. The van der Waals surface area contributed by atoms with E-state index in [0.717, 1.165) is 39.8 Å². The lowest BCUT2D eigenvalue weighted by atomic mass is 10.1. The highest BCUT2D eigenvalue weighted by Crippen LogP contribution is 2.32. The molecule has 2 fully saturated rings. The van der Waals surface area contributed by atoms with Crippen molar-refractivity contribution in [2.45, 2.75) is 93.6 Å². The second-order valence-corrected chi connectivity index (χ2v) is 21.4. The number of aliphatic hydroxyl groups is 1. The Kier molecular flexibility index (Phi) is 31.9. The summed E-state index contributed by atoms with van der Waals surface area (Å²) in [6, 6.07) is 64.3. The smallest absolute Gasteiger partial charge is 0.377 e. The molecule has 0 aromatic heterocycles. The molecule has 0 atom stereocenters. The lowest BCUT2D eigenvalue weighted by molar-refractivity contribution is -0.175. The van der Waals surface area contributed by atoms with Gasteiger partial charge in [-0.3, -0.25) is 9.80 Å². The summed E-state index contributed by atoms with van der Waals surface area (Å²) in [5, 5.41) is 8.62. The van der Waals surface area contributed by atoms with Gasteiger partial charge in [-0.1, -0.05) is 135 Å². The maximum atomic E-state index is 12.4. The van der Waals surface area contributed by atoms with E-state index >= 15 is 0 Å². The van der Waals surface area contributed by atoms with Crippen LogP contribution in [0.25, 0.3) is 0 Å². The average Bonchev–Trinajstić information content (AvgIpc) is 3.44. The highest BCUT2D eigenvalue weighted by molar-refractivity contribution is 7.97. The molecule has 2 heterocycles.